The smallest absolute Gasteiger partial charge is 0.164 e. The van der Waals surface area contributed by atoms with Gasteiger partial charge in [0.1, 0.15) is 34.0 Å². The van der Waals surface area contributed by atoms with Gasteiger partial charge in [-0.3, -0.25) is 4.57 Å². The van der Waals surface area contributed by atoms with Gasteiger partial charge in [0.25, 0.3) is 0 Å². The topological polar surface area (TPSA) is 82.8 Å². The minimum atomic E-state index is -0.108. The molecule has 0 saturated heterocycles. The number of aromatic nitrogens is 5. The fourth-order valence-corrected chi connectivity index (χ4v) is 7.70. The molecule has 1 aliphatic carbocycles. The van der Waals surface area contributed by atoms with Gasteiger partial charge in [-0.2, -0.15) is 0 Å². The standard InChI is InChI=1S/C44H27N5O2/c1-2-10-26(11-3-1)41-46-42(48-43(47-41)34-14-8-18-37-40(34)33-13-5-7-17-36(33)50-37)27-19-21-30-31-22-20-28(25-39(31)51-38(30)24-27)49-35-16-6-4-12-29(35)32-15-9-23-45-44(32)49/h1-23,25,27H,24H2. The number of allylic oxidation sites excluding steroid dienone is 1. The first kappa shape index (κ1) is 28.0. The van der Waals surface area contributed by atoms with Crippen molar-refractivity contribution in [3.8, 4) is 28.5 Å². The van der Waals surface area contributed by atoms with E-state index in [4.69, 9.17) is 28.8 Å². The molecule has 0 aliphatic heterocycles. The molecule has 240 valence electrons. The van der Waals surface area contributed by atoms with Crippen molar-refractivity contribution in [2.24, 2.45) is 0 Å². The van der Waals surface area contributed by atoms with E-state index >= 15 is 0 Å². The highest BCUT2D eigenvalue weighted by atomic mass is 16.3. The molecule has 0 radical (unpaired) electrons. The van der Waals surface area contributed by atoms with Crippen LogP contribution in [-0.4, -0.2) is 24.5 Å². The number of pyridine rings is 1. The number of rotatable bonds is 4. The summed E-state index contributed by atoms with van der Waals surface area (Å²) in [4.78, 5) is 20.0. The van der Waals surface area contributed by atoms with E-state index in [9.17, 15) is 0 Å². The van der Waals surface area contributed by atoms with Gasteiger partial charge in [-0.05, 0) is 42.5 Å². The summed E-state index contributed by atoms with van der Waals surface area (Å²) in [6, 6.07) is 43.2. The molecule has 0 fully saturated rings. The largest absolute Gasteiger partial charge is 0.460 e. The summed E-state index contributed by atoms with van der Waals surface area (Å²) >= 11 is 0. The van der Waals surface area contributed by atoms with Crippen molar-refractivity contribution < 1.29 is 8.83 Å². The van der Waals surface area contributed by atoms with Gasteiger partial charge in [-0.25, -0.2) is 19.9 Å². The van der Waals surface area contributed by atoms with Crippen LogP contribution in [0.2, 0.25) is 0 Å². The Hall–Kier alpha value is -6.86. The summed E-state index contributed by atoms with van der Waals surface area (Å²) in [6.45, 7) is 0. The number of nitrogens with zero attached hydrogens (tertiary/aromatic N) is 5. The van der Waals surface area contributed by atoms with Crippen LogP contribution in [-0.2, 0) is 6.42 Å². The van der Waals surface area contributed by atoms with Crippen LogP contribution < -0.4 is 0 Å². The minimum absolute atomic E-state index is 0.108. The SMILES string of the molecule is C1=CC(c2nc(-c3ccccc3)nc(-c3cccc4oc5ccccc5c34)n2)Cc2oc3cc(-n4c5ccccc5c5cccnc54)ccc3c21. The van der Waals surface area contributed by atoms with Gasteiger partial charge in [-0.1, -0.05) is 91.0 Å². The van der Waals surface area contributed by atoms with E-state index in [2.05, 4.69) is 77.4 Å². The van der Waals surface area contributed by atoms with Crippen LogP contribution in [0.1, 0.15) is 23.1 Å². The summed E-state index contributed by atoms with van der Waals surface area (Å²) in [7, 11) is 0. The van der Waals surface area contributed by atoms with Crippen LogP contribution in [0.15, 0.2) is 149 Å². The maximum atomic E-state index is 6.66. The number of benzene rings is 5. The molecule has 10 aromatic rings. The van der Waals surface area contributed by atoms with Crippen molar-refractivity contribution in [1.29, 1.82) is 0 Å². The van der Waals surface area contributed by atoms with E-state index in [1.807, 2.05) is 72.9 Å². The number of hydrogen-bond donors (Lipinski definition) is 0. The first-order valence-electron chi connectivity index (χ1n) is 17.1. The molecule has 0 spiro atoms. The first-order chi connectivity index (χ1) is 25.3. The molecular weight excluding hydrogens is 631 g/mol. The van der Waals surface area contributed by atoms with E-state index < -0.39 is 0 Å². The van der Waals surface area contributed by atoms with Crippen molar-refractivity contribution >= 4 is 60.9 Å². The van der Waals surface area contributed by atoms with Gasteiger partial charge in [0.2, 0.25) is 0 Å². The zero-order chi connectivity index (χ0) is 33.5. The Labute approximate surface area is 291 Å². The summed E-state index contributed by atoms with van der Waals surface area (Å²) in [6.07, 6.45) is 6.83. The number of furan rings is 2. The number of fused-ring (bicyclic) bond motifs is 9. The normalized spacial score (nSPS) is 14.3. The van der Waals surface area contributed by atoms with Gasteiger partial charge >= 0.3 is 0 Å². The lowest BCUT2D eigenvalue weighted by Crippen LogP contribution is -2.11. The highest BCUT2D eigenvalue weighted by Crippen LogP contribution is 2.40. The molecule has 0 saturated carbocycles. The van der Waals surface area contributed by atoms with E-state index in [-0.39, 0.29) is 5.92 Å². The summed E-state index contributed by atoms with van der Waals surface area (Å²) in [5.74, 6) is 2.76. The quantitative estimate of drug-likeness (QED) is 0.187. The fourth-order valence-electron chi connectivity index (χ4n) is 7.70. The van der Waals surface area contributed by atoms with E-state index in [1.165, 1.54) is 5.39 Å². The molecule has 5 heterocycles. The Balaban J connectivity index is 1.03. The second kappa shape index (κ2) is 10.8. The van der Waals surface area contributed by atoms with Crippen LogP contribution in [0.25, 0.3) is 89.4 Å². The molecule has 51 heavy (non-hydrogen) atoms. The molecule has 1 aliphatic rings. The zero-order valence-corrected chi connectivity index (χ0v) is 27.2. The molecule has 0 N–H and O–H groups in total. The molecule has 11 rings (SSSR count). The fraction of sp³-hybridized carbons (Fsp3) is 0.0455. The van der Waals surface area contributed by atoms with Crippen LogP contribution in [0.3, 0.4) is 0 Å². The van der Waals surface area contributed by atoms with Crippen LogP contribution in [0.4, 0.5) is 0 Å². The average Bonchev–Trinajstić information content (AvgIpc) is 3.87. The Morgan fingerprint density at radius 2 is 1.41 bits per heavy atom. The van der Waals surface area contributed by atoms with Crippen molar-refractivity contribution in [2.45, 2.75) is 12.3 Å². The molecule has 7 heteroatoms. The number of para-hydroxylation sites is 2. The third-order valence-corrected chi connectivity index (χ3v) is 10.0. The van der Waals surface area contributed by atoms with E-state index in [1.54, 1.807) is 0 Å². The highest BCUT2D eigenvalue weighted by Gasteiger charge is 2.26. The molecule has 7 nitrogen and oxygen atoms in total. The van der Waals surface area contributed by atoms with Crippen molar-refractivity contribution in [2.75, 3.05) is 0 Å². The molecule has 1 atom stereocenters. The third kappa shape index (κ3) is 4.31. The minimum Gasteiger partial charge on any atom is -0.460 e. The lowest BCUT2D eigenvalue weighted by Gasteiger charge is -2.16. The molecular formula is C44H27N5O2. The van der Waals surface area contributed by atoms with Gasteiger partial charge in [0, 0.05) is 68.2 Å². The molecule has 1 unspecified atom stereocenters. The highest BCUT2D eigenvalue weighted by molar-refractivity contribution is 6.12. The van der Waals surface area contributed by atoms with E-state index in [0.717, 1.165) is 77.6 Å². The average molecular weight is 658 g/mol. The lowest BCUT2D eigenvalue weighted by atomic mass is 9.93. The second-order valence-corrected chi connectivity index (χ2v) is 13.0. The predicted octanol–water partition coefficient (Wildman–Crippen LogP) is 10.7. The van der Waals surface area contributed by atoms with Crippen molar-refractivity contribution in [3.05, 3.63) is 157 Å². The number of hydrogen-bond acceptors (Lipinski definition) is 6. The summed E-state index contributed by atoms with van der Waals surface area (Å²) in [5.41, 5.74) is 8.46. The maximum Gasteiger partial charge on any atom is 0.164 e. The predicted molar refractivity (Wildman–Crippen MR) is 202 cm³/mol. The first-order valence-corrected chi connectivity index (χ1v) is 17.1. The Morgan fingerprint density at radius 3 is 2.35 bits per heavy atom. The van der Waals surface area contributed by atoms with Crippen LogP contribution >= 0.6 is 0 Å². The van der Waals surface area contributed by atoms with Gasteiger partial charge < -0.3 is 8.83 Å². The second-order valence-electron chi connectivity index (χ2n) is 13.0. The van der Waals surface area contributed by atoms with Crippen molar-refractivity contribution in [3.63, 3.8) is 0 Å². The molecule has 5 aromatic carbocycles. The Bertz CT molecular complexity index is 2970. The Morgan fingerprint density at radius 1 is 0.608 bits per heavy atom. The zero-order valence-electron chi connectivity index (χ0n) is 27.2. The summed E-state index contributed by atoms with van der Waals surface area (Å²) in [5, 5.41) is 5.41. The van der Waals surface area contributed by atoms with Crippen LogP contribution in [0, 0.1) is 0 Å². The molecule has 0 amide bonds. The molecule has 5 aromatic heterocycles. The van der Waals surface area contributed by atoms with E-state index in [0.29, 0.717) is 23.9 Å². The monoisotopic (exact) mass is 657 g/mol. The van der Waals surface area contributed by atoms with Crippen LogP contribution in [0.5, 0.6) is 0 Å². The maximum absolute atomic E-state index is 6.66. The van der Waals surface area contributed by atoms with Crippen molar-refractivity contribution in [1.82, 2.24) is 24.5 Å². The summed E-state index contributed by atoms with van der Waals surface area (Å²) < 4.78 is 15.1. The Kier molecular flexibility index (Phi) is 5.95. The third-order valence-electron chi connectivity index (χ3n) is 10.0. The van der Waals surface area contributed by atoms with Gasteiger partial charge in [-0.15, -0.1) is 0 Å². The molecule has 0 bridgehead atoms. The van der Waals surface area contributed by atoms with Gasteiger partial charge in [0.05, 0.1) is 11.2 Å². The van der Waals surface area contributed by atoms with Gasteiger partial charge in [0.15, 0.2) is 11.6 Å². The lowest BCUT2D eigenvalue weighted by molar-refractivity contribution is 0.527.